The number of nitriles is 1. The second-order valence-corrected chi connectivity index (χ2v) is 9.03. The summed E-state index contributed by atoms with van der Waals surface area (Å²) in [5.74, 6) is 0.129. The standard InChI is InChI=1S/C26H25FN2O2/c1-16-21(14-28)24(25-22(29-16)12-26(2,3)13-23(25)30)18-6-10-20(11-7-18)31-15-17-4-8-19(27)9-5-17/h4-11,24,29H,12-13,15H2,1-3H3/t24-/m0/s1. The van der Waals surface area contributed by atoms with Crippen LogP contribution >= 0.6 is 0 Å². The molecular formula is C26H25FN2O2. The van der Waals surface area contributed by atoms with Gasteiger partial charge in [0.15, 0.2) is 5.78 Å². The van der Waals surface area contributed by atoms with Gasteiger partial charge in [-0.25, -0.2) is 4.39 Å². The van der Waals surface area contributed by atoms with E-state index >= 15 is 0 Å². The number of benzene rings is 2. The summed E-state index contributed by atoms with van der Waals surface area (Å²) < 4.78 is 18.9. The number of dihydropyridines is 1. The number of ketones is 1. The van der Waals surface area contributed by atoms with Crippen LogP contribution in [-0.4, -0.2) is 5.78 Å². The molecule has 31 heavy (non-hydrogen) atoms. The molecule has 4 rings (SSSR count). The molecule has 1 aliphatic heterocycles. The molecule has 2 aromatic rings. The molecule has 2 aromatic carbocycles. The zero-order valence-corrected chi connectivity index (χ0v) is 18.0. The van der Waals surface area contributed by atoms with Gasteiger partial charge >= 0.3 is 0 Å². The lowest BCUT2D eigenvalue weighted by Crippen LogP contribution is -2.36. The van der Waals surface area contributed by atoms with Crippen LogP contribution in [0.1, 0.15) is 50.7 Å². The van der Waals surface area contributed by atoms with Crippen molar-refractivity contribution in [3.05, 3.63) is 88.0 Å². The van der Waals surface area contributed by atoms with Crippen molar-refractivity contribution in [2.75, 3.05) is 0 Å². The highest BCUT2D eigenvalue weighted by molar-refractivity contribution is 6.00. The van der Waals surface area contributed by atoms with E-state index in [-0.39, 0.29) is 22.9 Å². The number of hydrogen-bond acceptors (Lipinski definition) is 4. The molecule has 2 aliphatic rings. The van der Waals surface area contributed by atoms with Crippen LogP contribution in [0.4, 0.5) is 4.39 Å². The largest absolute Gasteiger partial charge is 0.489 e. The maximum atomic E-state index is 13.1. The van der Waals surface area contributed by atoms with Crippen molar-refractivity contribution in [1.29, 1.82) is 5.26 Å². The molecule has 0 amide bonds. The molecule has 0 saturated carbocycles. The third-order valence-electron chi connectivity index (χ3n) is 5.89. The molecule has 0 saturated heterocycles. The van der Waals surface area contributed by atoms with Crippen LogP contribution in [0.5, 0.6) is 5.75 Å². The Morgan fingerprint density at radius 3 is 2.45 bits per heavy atom. The first kappa shape index (κ1) is 20.9. The molecule has 4 nitrogen and oxygen atoms in total. The van der Waals surface area contributed by atoms with Crippen LogP contribution in [0.15, 0.2) is 71.1 Å². The quantitative estimate of drug-likeness (QED) is 0.712. The fourth-order valence-corrected chi connectivity index (χ4v) is 4.42. The van der Waals surface area contributed by atoms with Crippen LogP contribution in [0, 0.1) is 22.6 Å². The van der Waals surface area contributed by atoms with E-state index in [1.54, 1.807) is 12.1 Å². The topological polar surface area (TPSA) is 62.1 Å². The molecule has 0 aromatic heterocycles. The van der Waals surface area contributed by atoms with E-state index in [4.69, 9.17) is 4.74 Å². The predicted molar refractivity (Wildman–Crippen MR) is 116 cm³/mol. The van der Waals surface area contributed by atoms with Crippen molar-refractivity contribution in [1.82, 2.24) is 5.32 Å². The van der Waals surface area contributed by atoms with Gasteiger partial charge in [-0.3, -0.25) is 4.79 Å². The number of rotatable bonds is 4. The fraction of sp³-hybridized carbons (Fsp3) is 0.308. The van der Waals surface area contributed by atoms with Crippen LogP contribution < -0.4 is 10.1 Å². The first-order chi connectivity index (χ1) is 14.8. The van der Waals surface area contributed by atoms with Crippen LogP contribution in [0.25, 0.3) is 0 Å². The highest BCUT2D eigenvalue weighted by Gasteiger charge is 2.41. The lowest BCUT2D eigenvalue weighted by atomic mass is 9.69. The van der Waals surface area contributed by atoms with Gasteiger partial charge in [-0.1, -0.05) is 38.1 Å². The second kappa shape index (κ2) is 8.03. The number of carbonyl (C=O) groups is 1. The van der Waals surface area contributed by atoms with Gasteiger partial charge < -0.3 is 10.1 Å². The molecule has 1 N–H and O–H groups in total. The van der Waals surface area contributed by atoms with E-state index < -0.39 is 0 Å². The Labute approximate surface area is 182 Å². The Kier molecular flexibility index (Phi) is 5.41. The Morgan fingerprint density at radius 1 is 1.13 bits per heavy atom. The summed E-state index contributed by atoms with van der Waals surface area (Å²) in [6.07, 6.45) is 1.25. The summed E-state index contributed by atoms with van der Waals surface area (Å²) in [6.45, 7) is 6.41. The fourth-order valence-electron chi connectivity index (χ4n) is 4.42. The third kappa shape index (κ3) is 4.25. The average Bonchev–Trinajstić information content (AvgIpc) is 2.72. The van der Waals surface area contributed by atoms with Gasteiger partial charge in [0, 0.05) is 23.4 Å². The van der Waals surface area contributed by atoms with Crippen molar-refractivity contribution >= 4 is 5.78 Å². The Morgan fingerprint density at radius 2 is 1.81 bits per heavy atom. The van der Waals surface area contributed by atoms with Gasteiger partial charge in [0.25, 0.3) is 0 Å². The number of hydrogen-bond donors (Lipinski definition) is 1. The monoisotopic (exact) mass is 416 g/mol. The first-order valence-electron chi connectivity index (χ1n) is 10.4. The van der Waals surface area contributed by atoms with E-state index in [2.05, 4.69) is 25.2 Å². The molecule has 0 spiro atoms. The number of nitrogens with zero attached hydrogens (tertiary/aromatic N) is 1. The average molecular weight is 416 g/mol. The van der Waals surface area contributed by atoms with Crippen molar-refractivity contribution in [2.45, 2.75) is 46.1 Å². The molecule has 5 heteroatoms. The summed E-state index contributed by atoms with van der Waals surface area (Å²) in [6, 6.07) is 16.0. The van der Waals surface area contributed by atoms with Crippen molar-refractivity contribution in [3.63, 3.8) is 0 Å². The molecule has 158 valence electrons. The number of Topliss-reactive ketones (excluding diaryl/α,β-unsaturated/α-hetero) is 1. The summed E-state index contributed by atoms with van der Waals surface area (Å²) >= 11 is 0. The van der Waals surface area contributed by atoms with Gasteiger partial charge in [0.2, 0.25) is 0 Å². The van der Waals surface area contributed by atoms with Crippen molar-refractivity contribution in [3.8, 4) is 11.8 Å². The molecular weight excluding hydrogens is 391 g/mol. The Balaban J connectivity index is 1.61. The molecule has 0 fully saturated rings. The minimum atomic E-state index is -0.365. The Hall–Kier alpha value is -3.39. The highest BCUT2D eigenvalue weighted by Crippen LogP contribution is 2.46. The third-order valence-corrected chi connectivity index (χ3v) is 5.89. The lowest BCUT2D eigenvalue weighted by Gasteiger charge is -2.38. The molecule has 0 unspecified atom stereocenters. The number of halogens is 1. The highest BCUT2D eigenvalue weighted by atomic mass is 19.1. The number of allylic oxidation sites excluding steroid dienone is 4. The number of nitrogens with one attached hydrogen (secondary N) is 1. The first-order valence-corrected chi connectivity index (χ1v) is 10.4. The van der Waals surface area contributed by atoms with Crippen LogP contribution in [0.3, 0.4) is 0 Å². The van der Waals surface area contributed by atoms with Crippen molar-refractivity contribution in [2.24, 2.45) is 5.41 Å². The van der Waals surface area contributed by atoms with Crippen LogP contribution in [-0.2, 0) is 11.4 Å². The van der Waals surface area contributed by atoms with Crippen molar-refractivity contribution < 1.29 is 13.9 Å². The van der Waals surface area contributed by atoms with E-state index in [9.17, 15) is 14.4 Å². The number of ether oxygens (including phenoxy) is 1. The summed E-state index contributed by atoms with van der Waals surface area (Å²) in [5, 5.41) is 13.1. The van der Waals surface area contributed by atoms with Gasteiger partial charge in [-0.05, 0) is 54.2 Å². The van der Waals surface area contributed by atoms with E-state index in [1.807, 2.05) is 31.2 Å². The molecule has 0 radical (unpaired) electrons. The molecule has 1 aliphatic carbocycles. The normalized spacial score (nSPS) is 20.1. The minimum absolute atomic E-state index is 0.0978. The van der Waals surface area contributed by atoms with E-state index in [0.29, 0.717) is 29.9 Å². The van der Waals surface area contributed by atoms with Gasteiger partial charge in [0.1, 0.15) is 18.2 Å². The number of carbonyl (C=O) groups excluding carboxylic acids is 1. The lowest BCUT2D eigenvalue weighted by molar-refractivity contribution is -0.118. The zero-order chi connectivity index (χ0) is 22.2. The minimum Gasteiger partial charge on any atom is -0.489 e. The van der Waals surface area contributed by atoms with E-state index in [1.165, 1.54) is 12.1 Å². The maximum Gasteiger partial charge on any atom is 0.162 e. The van der Waals surface area contributed by atoms with E-state index in [0.717, 1.165) is 28.9 Å². The van der Waals surface area contributed by atoms with Gasteiger partial charge in [0.05, 0.1) is 17.6 Å². The summed E-state index contributed by atoms with van der Waals surface area (Å²) in [7, 11) is 0. The molecule has 1 heterocycles. The van der Waals surface area contributed by atoms with Gasteiger partial charge in [-0.2, -0.15) is 5.26 Å². The predicted octanol–water partition coefficient (Wildman–Crippen LogP) is 5.53. The van der Waals surface area contributed by atoms with Crippen LogP contribution in [0.2, 0.25) is 0 Å². The smallest absolute Gasteiger partial charge is 0.162 e. The summed E-state index contributed by atoms with van der Waals surface area (Å²) in [4.78, 5) is 13.1. The molecule has 0 bridgehead atoms. The zero-order valence-electron chi connectivity index (χ0n) is 18.0. The maximum absolute atomic E-state index is 13.1. The summed E-state index contributed by atoms with van der Waals surface area (Å²) in [5.41, 5.74) is 4.68. The second-order valence-electron chi connectivity index (χ2n) is 9.03. The Bertz CT molecular complexity index is 1120. The SMILES string of the molecule is CC1=C(C#N)[C@H](c2ccc(OCc3ccc(F)cc3)cc2)C2=C(CC(C)(C)CC2=O)N1. The van der Waals surface area contributed by atoms with Gasteiger partial charge in [-0.15, -0.1) is 0 Å². The molecule has 1 atom stereocenters.